The molecule has 1 heterocycles. The summed E-state index contributed by atoms with van der Waals surface area (Å²) in [6.45, 7) is 0.451. The van der Waals surface area contributed by atoms with Gasteiger partial charge in [-0.2, -0.15) is 0 Å². The molecule has 2 aromatic rings. The standard InChI is InChI=1S/C12H12ClFN2O/c13-6-11(17)15-5-4-8-7-16-10-3-1-2-9(14)12(8)10/h1-3,7,16H,4-6H2,(H,15,17). The van der Waals surface area contributed by atoms with Gasteiger partial charge in [-0.3, -0.25) is 4.79 Å². The Bertz CT molecular complexity index is 538. The molecule has 2 rings (SSSR count). The van der Waals surface area contributed by atoms with Crippen LogP contribution >= 0.6 is 11.6 Å². The first-order valence-electron chi connectivity index (χ1n) is 5.29. The monoisotopic (exact) mass is 254 g/mol. The number of hydrogen-bond donors (Lipinski definition) is 2. The third-order valence-electron chi connectivity index (χ3n) is 2.57. The van der Waals surface area contributed by atoms with Crippen LogP contribution in [0.3, 0.4) is 0 Å². The zero-order chi connectivity index (χ0) is 12.3. The number of carbonyl (C=O) groups excluding carboxylic acids is 1. The fraction of sp³-hybridized carbons (Fsp3) is 0.250. The maximum atomic E-state index is 13.6. The number of benzene rings is 1. The molecule has 0 aliphatic carbocycles. The van der Waals surface area contributed by atoms with Crippen LogP contribution in [0.4, 0.5) is 4.39 Å². The number of aromatic amines is 1. The normalized spacial score (nSPS) is 10.7. The van der Waals surface area contributed by atoms with Crippen molar-refractivity contribution in [1.82, 2.24) is 10.3 Å². The molecule has 0 fully saturated rings. The molecule has 0 saturated heterocycles. The molecule has 0 spiro atoms. The van der Waals surface area contributed by atoms with Gasteiger partial charge in [-0.1, -0.05) is 6.07 Å². The lowest BCUT2D eigenvalue weighted by Crippen LogP contribution is -2.26. The molecule has 1 aromatic heterocycles. The van der Waals surface area contributed by atoms with Crippen molar-refractivity contribution in [2.24, 2.45) is 0 Å². The second-order valence-corrected chi connectivity index (χ2v) is 3.98. The van der Waals surface area contributed by atoms with Crippen LogP contribution in [-0.4, -0.2) is 23.3 Å². The highest BCUT2D eigenvalue weighted by Gasteiger charge is 2.08. The molecule has 0 aliphatic rings. The molecular weight excluding hydrogens is 243 g/mol. The first-order chi connectivity index (χ1) is 8.22. The molecule has 5 heteroatoms. The van der Waals surface area contributed by atoms with Gasteiger partial charge in [-0.15, -0.1) is 11.6 Å². The molecule has 0 saturated carbocycles. The molecule has 0 atom stereocenters. The number of nitrogens with one attached hydrogen (secondary N) is 2. The van der Waals surface area contributed by atoms with Crippen LogP contribution in [0.1, 0.15) is 5.56 Å². The third kappa shape index (κ3) is 2.58. The van der Waals surface area contributed by atoms with Crippen LogP contribution in [0.15, 0.2) is 24.4 Å². The summed E-state index contributed by atoms with van der Waals surface area (Å²) in [6.07, 6.45) is 2.34. The van der Waals surface area contributed by atoms with E-state index in [1.165, 1.54) is 6.07 Å². The molecule has 0 bridgehead atoms. The van der Waals surface area contributed by atoms with Crippen molar-refractivity contribution in [3.8, 4) is 0 Å². The van der Waals surface area contributed by atoms with E-state index in [4.69, 9.17) is 11.6 Å². The number of H-pyrrole nitrogens is 1. The molecule has 17 heavy (non-hydrogen) atoms. The third-order valence-corrected chi connectivity index (χ3v) is 2.82. The minimum atomic E-state index is -0.248. The highest BCUT2D eigenvalue weighted by atomic mass is 35.5. The Balaban J connectivity index is 2.11. The van der Waals surface area contributed by atoms with Crippen LogP contribution in [-0.2, 0) is 11.2 Å². The smallest absolute Gasteiger partial charge is 0.234 e. The number of aromatic nitrogens is 1. The topological polar surface area (TPSA) is 44.9 Å². The maximum Gasteiger partial charge on any atom is 0.234 e. The molecule has 90 valence electrons. The van der Waals surface area contributed by atoms with Gasteiger partial charge in [0.2, 0.25) is 5.91 Å². The molecule has 1 amide bonds. The van der Waals surface area contributed by atoms with E-state index in [9.17, 15) is 9.18 Å². The lowest BCUT2D eigenvalue weighted by Gasteiger charge is -2.02. The van der Waals surface area contributed by atoms with Crippen LogP contribution in [0.25, 0.3) is 10.9 Å². The molecular formula is C12H12ClFN2O. The van der Waals surface area contributed by atoms with Crippen LogP contribution in [0.2, 0.25) is 0 Å². The predicted octanol–water partition coefficient (Wildman–Crippen LogP) is 2.20. The van der Waals surface area contributed by atoms with Gasteiger partial charge in [0, 0.05) is 23.6 Å². The molecule has 0 aliphatic heterocycles. The predicted molar refractivity (Wildman–Crippen MR) is 65.7 cm³/mol. The second-order valence-electron chi connectivity index (χ2n) is 3.71. The Morgan fingerprint density at radius 1 is 1.47 bits per heavy atom. The quantitative estimate of drug-likeness (QED) is 0.808. The summed E-state index contributed by atoms with van der Waals surface area (Å²) in [5.41, 5.74) is 1.62. The van der Waals surface area contributed by atoms with Crippen molar-refractivity contribution in [3.63, 3.8) is 0 Å². The van der Waals surface area contributed by atoms with E-state index in [-0.39, 0.29) is 17.6 Å². The Hall–Kier alpha value is -1.55. The zero-order valence-corrected chi connectivity index (χ0v) is 9.85. The summed E-state index contributed by atoms with van der Waals surface area (Å²) in [5, 5.41) is 3.24. The van der Waals surface area contributed by atoms with Crippen molar-refractivity contribution >= 4 is 28.4 Å². The van der Waals surface area contributed by atoms with Gasteiger partial charge in [0.25, 0.3) is 0 Å². The summed E-state index contributed by atoms with van der Waals surface area (Å²) in [6, 6.07) is 4.91. The number of alkyl halides is 1. The Morgan fingerprint density at radius 3 is 3.06 bits per heavy atom. The lowest BCUT2D eigenvalue weighted by molar-refractivity contribution is -0.118. The van der Waals surface area contributed by atoms with Gasteiger partial charge in [-0.05, 0) is 24.1 Å². The summed E-state index contributed by atoms with van der Waals surface area (Å²) in [5.74, 6) is -0.517. The fourth-order valence-corrected chi connectivity index (χ4v) is 1.88. The average molecular weight is 255 g/mol. The van der Waals surface area contributed by atoms with Crippen molar-refractivity contribution in [2.45, 2.75) is 6.42 Å². The average Bonchev–Trinajstić information content (AvgIpc) is 2.74. The Morgan fingerprint density at radius 2 is 2.29 bits per heavy atom. The number of halogens is 2. The Labute approximate surface area is 103 Å². The van der Waals surface area contributed by atoms with Crippen LogP contribution in [0.5, 0.6) is 0 Å². The second kappa shape index (κ2) is 5.19. The summed E-state index contributed by atoms with van der Waals surface area (Å²) < 4.78 is 13.6. The van der Waals surface area contributed by atoms with Gasteiger partial charge in [-0.25, -0.2) is 4.39 Å². The van der Waals surface area contributed by atoms with Gasteiger partial charge in [0.15, 0.2) is 0 Å². The van der Waals surface area contributed by atoms with E-state index >= 15 is 0 Å². The first-order valence-corrected chi connectivity index (χ1v) is 5.83. The highest BCUT2D eigenvalue weighted by molar-refractivity contribution is 6.27. The van der Waals surface area contributed by atoms with E-state index in [1.807, 2.05) is 6.07 Å². The van der Waals surface area contributed by atoms with Crippen molar-refractivity contribution in [3.05, 3.63) is 35.8 Å². The van der Waals surface area contributed by atoms with Crippen molar-refractivity contribution in [1.29, 1.82) is 0 Å². The van der Waals surface area contributed by atoms with E-state index in [0.29, 0.717) is 18.4 Å². The van der Waals surface area contributed by atoms with E-state index in [1.54, 1.807) is 12.3 Å². The van der Waals surface area contributed by atoms with Crippen LogP contribution in [0, 0.1) is 5.82 Å². The molecule has 0 unspecified atom stereocenters. The number of amides is 1. The molecule has 2 N–H and O–H groups in total. The first kappa shape index (κ1) is 11.9. The number of rotatable bonds is 4. The van der Waals surface area contributed by atoms with Gasteiger partial charge in [0.1, 0.15) is 11.7 Å². The van der Waals surface area contributed by atoms with Gasteiger partial charge < -0.3 is 10.3 Å². The number of hydrogen-bond acceptors (Lipinski definition) is 1. The highest BCUT2D eigenvalue weighted by Crippen LogP contribution is 2.21. The SMILES string of the molecule is O=C(CCl)NCCc1c[nH]c2cccc(F)c12. The van der Waals surface area contributed by atoms with Crippen molar-refractivity contribution < 1.29 is 9.18 Å². The zero-order valence-electron chi connectivity index (χ0n) is 9.09. The lowest BCUT2D eigenvalue weighted by atomic mass is 10.1. The minimum Gasteiger partial charge on any atom is -0.361 e. The van der Waals surface area contributed by atoms with E-state index in [0.717, 1.165) is 11.1 Å². The summed E-state index contributed by atoms with van der Waals surface area (Å²) >= 11 is 5.35. The summed E-state index contributed by atoms with van der Waals surface area (Å²) in [7, 11) is 0. The fourth-order valence-electron chi connectivity index (χ4n) is 1.79. The van der Waals surface area contributed by atoms with Crippen molar-refractivity contribution in [2.75, 3.05) is 12.4 Å². The van der Waals surface area contributed by atoms with Crippen LogP contribution < -0.4 is 5.32 Å². The van der Waals surface area contributed by atoms with Gasteiger partial charge in [0.05, 0.1) is 0 Å². The summed E-state index contributed by atoms with van der Waals surface area (Å²) in [4.78, 5) is 13.9. The van der Waals surface area contributed by atoms with E-state index < -0.39 is 0 Å². The maximum absolute atomic E-state index is 13.6. The number of fused-ring (bicyclic) bond motifs is 1. The Kier molecular flexibility index (Phi) is 3.64. The minimum absolute atomic E-state index is 0.0533. The number of carbonyl (C=O) groups is 1. The van der Waals surface area contributed by atoms with Gasteiger partial charge >= 0.3 is 0 Å². The molecule has 0 radical (unpaired) electrons. The molecule has 3 nitrogen and oxygen atoms in total. The molecule has 1 aromatic carbocycles. The van der Waals surface area contributed by atoms with E-state index in [2.05, 4.69) is 10.3 Å². The largest absolute Gasteiger partial charge is 0.361 e.